The number of carbonyl (C=O) groups excluding carboxylic acids is 1. The highest BCUT2D eigenvalue weighted by Crippen LogP contribution is 2.43. The molecule has 8 nitrogen and oxygen atoms in total. The van der Waals surface area contributed by atoms with Gasteiger partial charge < -0.3 is 19.1 Å². The van der Waals surface area contributed by atoms with Crippen LogP contribution in [-0.2, 0) is 38.2 Å². The van der Waals surface area contributed by atoms with Gasteiger partial charge in [-0.1, -0.05) is 12.1 Å². The molecule has 1 amide bonds. The summed E-state index contributed by atoms with van der Waals surface area (Å²) in [7, 11) is 0.785. The highest BCUT2D eigenvalue weighted by Gasteiger charge is 2.46. The number of aryl methyl sites for hydroxylation is 1. The largest absolute Gasteiger partial charge is 0.493 e. The van der Waals surface area contributed by atoms with Gasteiger partial charge in [0.1, 0.15) is 0 Å². The maximum atomic E-state index is 13.7. The molecule has 0 spiro atoms. The molecule has 1 atom stereocenters. The maximum absolute atomic E-state index is 13.7. The Labute approximate surface area is 220 Å². The first-order valence-corrected chi connectivity index (χ1v) is 13.7. The lowest BCUT2D eigenvalue weighted by Crippen LogP contribution is -2.36. The summed E-state index contributed by atoms with van der Waals surface area (Å²) < 4.78 is 82.9. The third-order valence-electron chi connectivity index (χ3n) is 6.75. The van der Waals surface area contributed by atoms with Gasteiger partial charge >= 0.3 is 6.18 Å². The van der Waals surface area contributed by atoms with Crippen molar-refractivity contribution in [3.63, 3.8) is 0 Å². The van der Waals surface area contributed by atoms with Gasteiger partial charge in [-0.15, -0.1) is 0 Å². The first kappa shape index (κ1) is 29.6. The van der Waals surface area contributed by atoms with Crippen LogP contribution in [0, 0.1) is 5.41 Å². The van der Waals surface area contributed by atoms with E-state index in [-0.39, 0.29) is 25.5 Å². The molecule has 0 aromatic heterocycles. The number of ether oxygens (including phenoxy) is 3. The molecular formula is C26H32F3NO7S. The monoisotopic (exact) mass is 559 g/mol. The molecule has 0 saturated carbocycles. The number of benzene rings is 2. The van der Waals surface area contributed by atoms with Gasteiger partial charge in [0.15, 0.2) is 11.5 Å². The van der Waals surface area contributed by atoms with Crippen LogP contribution >= 0.6 is 0 Å². The summed E-state index contributed by atoms with van der Waals surface area (Å²) in [6.07, 6.45) is -2.21. The minimum absolute atomic E-state index is 0.158. The van der Waals surface area contributed by atoms with Crippen LogP contribution < -0.4 is 14.2 Å². The van der Waals surface area contributed by atoms with Gasteiger partial charge in [0.2, 0.25) is 11.7 Å². The van der Waals surface area contributed by atoms with Crippen LogP contribution in [0.2, 0.25) is 0 Å². The molecule has 1 fully saturated rings. The summed E-state index contributed by atoms with van der Waals surface area (Å²) in [5.74, 6) is 1.15. The van der Waals surface area contributed by atoms with Gasteiger partial charge in [-0.25, -0.2) is 0 Å². The topological polar surface area (TPSA) is 91.4 Å². The number of methoxy groups -OCH3 is 3. The van der Waals surface area contributed by atoms with Gasteiger partial charge in [0, 0.05) is 13.1 Å². The molecule has 210 valence electrons. The highest BCUT2D eigenvalue weighted by atomic mass is 32.2. The second-order valence-electron chi connectivity index (χ2n) is 9.26. The van der Waals surface area contributed by atoms with E-state index in [1.165, 1.54) is 33.5 Å². The SMILES string of the molecule is COc1cc(CN2CCC(CCOS(C)(=O)=O)(CCc3ccc(C(F)(F)F)cc3)C2=O)cc(OC)c1OC. The number of amides is 1. The van der Waals surface area contributed by atoms with Crippen molar-refractivity contribution in [2.75, 3.05) is 40.7 Å². The van der Waals surface area contributed by atoms with Gasteiger partial charge in [0.25, 0.3) is 10.1 Å². The molecule has 0 aliphatic carbocycles. The lowest BCUT2D eigenvalue weighted by Gasteiger charge is -2.28. The van der Waals surface area contributed by atoms with Crippen molar-refractivity contribution in [2.45, 2.75) is 38.4 Å². The fourth-order valence-electron chi connectivity index (χ4n) is 4.71. The zero-order valence-electron chi connectivity index (χ0n) is 21.8. The quantitative estimate of drug-likeness (QED) is 0.355. The van der Waals surface area contributed by atoms with Crippen molar-refractivity contribution in [1.29, 1.82) is 0 Å². The Morgan fingerprint density at radius 2 is 1.55 bits per heavy atom. The van der Waals surface area contributed by atoms with Crippen molar-refractivity contribution in [2.24, 2.45) is 5.41 Å². The van der Waals surface area contributed by atoms with E-state index in [1.54, 1.807) is 17.0 Å². The van der Waals surface area contributed by atoms with E-state index in [2.05, 4.69) is 0 Å². The average molecular weight is 560 g/mol. The molecule has 1 aliphatic heterocycles. The molecule has 2 aromatic carbocycles. The van der Waals surface area contributed by atoms with Crippen molar-refractivity contribution in [3.8, 4) is 17.2 Å². The molecule has 0 N–H and O–H groups in total. The normalized spacial score (nSPS) is 18.1. The highest BCUT2D eigenvalue weighted by molar-refractivity contribution is 7.85. The van der Waals surface area contributed by atoms with Crippen LogP contribution in [-0.4, -0.2) is 60.0 Å². The second-order valence-corrected chi connectivity index (χ2v) is 10.9. The van der Waals surface area contributed by atoms with Crippen molar-refractivity contribution in [1.82, 2.24) is 4.90 Å². The van der Waals surface area contributed by atoms with Crippen molar-refractivity contribution >= 4 is 16.0 Å². The lowest BCUT2D eigenvalue weighted by molar-refractivity contribution is -0.138. The molecule has 1 aliphatic rings. The smallest absolute Gasteiger partial charge is 0.416 e. The van der Waals surface area contributed by atoms with E-state index in [9.17, 15) is 26.4 Å². The van der Waals surface area contributed by atoms with E-state index >= 15 is 0 Å². The molecule has 1 unspecified atom stereocenters. The van der Waals surface area contributed by atoms with Crippen molar-refractivity contribution in [3.05, 3.63) is 53.1 Å². The molecule has 0 radical (unpaired) electrons. The van der Waals surface area contributed by atoms with Crippen molar-refractivity contribution < 1.29 is 44.8 Å². The standard InChI is InChI=1S/C26H32F3NO7S/c1-34-21-15-19(16-22(35-2)23(21)36-3)17-30-13-11-25(24(30)31,12-14-37-38(4,32)33)10-9-18-5-7-20(8-6-18)26(27,28)29/h5-8,15-16H,9-14,17H2,1-4H3. The fraction of sp³-hybridized carbons (Fsp3) is 0.500. The summed E-state index contributed by atoms with van der Waals surface area (Å²) in [6, 6.07) is 8.34. The molecule has 0 bridgehead atoms. The summed E-state index contributed by atoms with van der Waals surface area (Å²) in [5, 5.41) is 0. The molecule has 3 rings (SSSR count). The van der Waals surface area contributed by atoms with Crippen LogP contribution in [0.15, 0.2) is 36.4 Å². The Morgan fingerprint density at radius 3 is 2.05 bits per heavy atom. The minimum Gasteiger partial charge on any atom is -0.493 e. The minimum atomic E-state index is -4.43. The van der Waals surface area contributed by atoms with E-state index in [1.807, 2.05) is 0 Å². The number of likely N-dealkylation sites (tertiary alicyclic amines) is 1. The van der Waals surface area contributed by atoms with Crippen LogP contribution in [0.4, 0.5) is 13.2 Å². The zero-order valence-corrected chi connectivity index (χ0v) is 22.6. The van der Waals surface area contributed by atoms with Crippen LogP contribution in [0.5, 0.6) is 17.2 Å². The number of alkyl halides is 3. The summed E-state index contributed by atoms with van der Waals surface area (Å²) in [4.78, 5) is 15.4. The van der Waals surface area contributed by atoms with E-state index < -0.39 is 27.3 Å². The fourth-order valence-corrected chi connectivity index (χ4v) is 5.10. The Kier molecular flexibility index (Phi) is 9.19. The predicted molar refractivity (Wildman–Crippen MR) is 134 cm³/mol. The van der Waals surface area contributed by atoms with Crippen LogP contribution in [0.25, 0.3) is 0 Å². The van der Waals surface area contributed by atoms with Crippen LogP contribution in [0.1, 0.15) is 36.0 Å². The third kappa shape index (κ3) is 7.10. The second kappa shape index (κ2) is 11.8. The summed E-state index contributed by atoms with van der Waals surface area (Å²) in [5.41, 5.74) is -0.268. The summed E-state index contributed by atoms with van der Waals surface area (Å²) in [6.45, 7) is 0.501. The molecule has 38 heavy (non-hydrogen) atoms. The first-order valence-electron chi connectivity index (χ1n) is 11.9. The Balaban J connectivity index is 1.81. The van der Waals surface area contributed by atoms with E-state index in [0.717, 1.165) is 24.0 Å². The number of hydrogen-bond donors (Lipinski definition) is 0. The lowest BCUT2D eigenvalue weighted by atomic mass is 9.78. The van der Waals surface area contributed by atoms with Crippen LogP contribution in [0.3, 0.4) is 0 Å². The van der Waals surface area contributed by atoms with Gasteiger partial charge in [-0.3, -0.25) is 8.98 Å². The van der Waals surface area contributed by atoms with E-state index in [4.69, 9.17) is 18.4 Å². The van der Waals surface area contributed by atoms with Gasteiger partial charge in [-0.2, -0.15) is 21.6 Å². The number of nitrogens with zero attached hydrogens (tertiary/aromatic N) is 1. The predicted octanol–water partition coefficient (Wildman–Crippen LogP) is 4.45. The Morgan fingerprint density at radius 1 is 0.947 bits per heavy atom. The summed E-state index contributed by atoms with van der Waals surface area (Å²) >= 11 is 0. The molecule has 1 heterocycles. The Bertz CT molecular complexity index is 1210. The van der Waals surface area contributed by atoms with E-state index in [0.29, 0.717) is 48.6 Å². The maximum Gasteiger partial charge on any atom is 0.416 e. The number of rotatable bonds is 12. The molecular weight excluding hydrogens is 527 g/mol. The first-order chi connectivity index (χ1) is 17.8. The Hall–Kier alpha value is -2.99. The average Bonchev–Trinajstić information content (AvgIpc) is 3.16. The molecule has 2 aromatic rings. The molecule has 12 heteroatoms. The molecule has 1 saturated heterocycles. The van der Waals surface area contributed by atoms with Gasteiger partial charge in [0.05, 0.1) is 45.2 Å². The number of carbonyl (C=O) groups is 1. The van der Waals surface area contributed by atoms with Gasteiger partial charge in [-0.05, 0) is 61.1 Å². The third-order valence-corrected chi connectivity index (χ3v) is 7.35. The number of hydrogen-bond acceptors (Lipinski definition) is 7. The number of halogens is 3. The zero-order chi connectivity index (χ0) is 28.1.